The maximum atomic E-state index is 12.1. The van der Waals surface area contributed by atoms with E-state index in [2.05, 4.69) is 27.2 Å². The van der Waals surface area contributed by atoms with Gasteiger partial charge in [-0.25, -0.2) is 0 Å². The van der Waals surface area contributed by atoms with Gasteiger partial charge in [0.15, 0.2) is 0 Å². The Kier molecular flexibility index (Phi) is 6.04. The summed E-state index contributed by atoms with van der Waals surface area (Å²) in [6, 6.07) is 17.8. The van der Waals surface area contributed by atoms with Crippen molar-refractivity contribution >= 4 is 11.6 Å². The molecule has 5 nitrogen and oxygen atoms in total. The number of piperazine rings is 1. The van der Waals surface area contributed by atoms with Gasteiger partial charge in [-0.1, -0.05) is 30.3 Å². The number of para-hydroxylation sites is 1. The molecular weight excluding hydrogens is 314 g/mol. The van der Waals surface area contributed by atoms with Crippen molar-refractivity contribution in [1.29, 1.82) is 0 Å². The summed E-state index contributed by atoms with van der Waals surface area (Å²) in [6.45, 7) is 5.12. The Hall–Kier alpha value is -2.37. The molecule has 25 heavy (non-hydrogen) atoms. The first-order valence-electron chi connectivity index (χ1n) is 8.65. The summed E-state index contributed by atoms with van der Waals surface area (Å²) in [5.41, 5.74) is 2.11. The Bertz CT molecular complexity index is 682. The molecule has 0 atom stereocenters. The number of rotatable bonds is 6. The van der Waals surface area contributed by atoms with Gasteiger partial charge in [-0.2, -0.15) is 0 Å². The third-order valence-corrected chi connectivity index (χ3v) is 4.43. The molecule has 2 aromatic rings. The number of carbonyl (C=O) groups excluding carboxylic acids is 1. The molecule has 3 rings (SSSR count). The number of methoxy groups -OCH3 is 1. The van der Waals surface area contributed by atoms with E-state index in [0.717, 1.165) is 44.2 Å². The third kappa shape index (κ3) is 5.31. The second-order valence-electron chi connectivity index (χ2n) is 6.32. The molecule has 1 saturated heterocycles. The number of hydrogen-bond donors (Lipinski definition) is 1. The molecule has 1 aliphatic heterocycles. The van der Waals surface area contributed by atoms with Crippen LogP contribution in [-0.2, 0) is 11.3 Å². The van der Waals surface area contributed by atoms with Crippen molar-refractivity contribution in [2.45, 2.75) is 6.54 Å². The zero-order chi connectivity index (χ0) is 17.5. The maximum Gasteiger partial charge on any atom is 0.238 e. The first kappa shape index (κ1) is 17.5. The molecule has 0 bridgehead atoms. The average Bonchev–Trinajstić information content (AvgIpc) is 2.64. The summed E-state index contributed by atoms with van der Waals surface area (Å²) in [5, 5.41) is 2.94. The molecular formula is C20H25N3O2. The summed E-state index contributed by atoms with van der Waals surface area (Å²) < 4.78 is 5.28. The smallest absolute Gasteiger partial charge is 0.238 e. The van der Waals surface area contributed by atoms with E-state index < -0.39 is 0 Å². The Morgan fingerprint density at radius 2 is 1.72 bits per heavy atom. The molecule has 0 aliphatic carbocycles. The van der Waals surface area contributed by atoms with Gasteiger partial charge in [0, 0.05) is 38.4 Å². The fourth-order valence-electron chi connectivity index (χ4n) is 3.06. The number of carbonyl (C=O) groups is 1. The highest BCUT2D eigenvalue weighted by Gasteiger charge is 2.19. The maximum absolute atomic E-state index is 12.1. The SMILES string of the molecule is COc1cccc(CN2CCN(CC(=O)Nc3ccccc3)CC2)c1. The van der Waals surface area contributed by atoms with Gasteiger partial charge in [0.05, 0.1) is 13.7 Å². The average molecular weight is 339 g/mol. The van der Waals surface area contributed by atoms with Gasteiger partial charge >= 0.3 is 0 Å². The van der Waals surface area contributed by atoms with Crippen molar-refractivity contribution < 1.29 is 9.53 Å². The molecule has 1 N–H and O–H groups in total. The Labute approximate surface area is 149 Å². The number of ether oxygens (including phenoxy) is 1. The van der Waals surface area contributed by atoms with E-state index in [-0.39, 0.29) is 5.91 Å². The van der Waals surface area contributed by atoms with Crippen molar-refractivity contribution in [2.75, 3.05) is 45.2 Å². The van der Waals surface area contributed by atoms with Crippen molar-refractivity contribution in [3.63, 3.8) is 0 Å². The lowest BCUT2D eigenvalue weighted by molar-refractivity contribution is -0.117. The van der Waals surface area contributed by atoms with Crippen LogP contribution in [0.2, 0.25) is 0 Å². The molecule has 5 heteroatoms. The van der Waals surface area contributed by atoms with Crippen LogP contribution in [0.15, 0.2) is 54.6 Å². The second-order valence-corrected chi connectivity index (χ2v) is 6.32. The van der Waals surface area contributed by atoms with Gasteiger partial charge in [-0.15, -0.1) is 0 Å². The standard InChI is InChI=1S/C20H25N3O2/c1-25-19-9-5-6-17(14-19)15-22-10-12-23(13-11-22)16-20(24)21-18-7-3-2-4-8-18/h2-9,14H,10-13,15-16H2,1H3,(H,21,24). The highest BCUT2D eigenvalue weighted by molar-refractivity contribution is 5.92. The summed E-state index contributed by atoms with van der Waals surface area (Å²) in [4.78, 5) is 16.8. The molecule has 132 valence electrons. The number of hydrogen-bond acceptors (Lipinski definition) is 4. The van der Waals surface area contributed by atoms with Crippen LogP contribution in [0.3, 0.4) is 0 Å². The minimum absolute atomic E-state index is 0.0486. The Morgan fingerprint density at radius 3 is 2.44 bits per heavy atom. The molecule has 1 amide bonds. The van der Waals surface area contributed by atoms with Crippen LogP contribution in [0.5, 0.6) is 5.75 Å². The third-order valence-electron chi connectivity index (χ3n) is 4.43. The first-order chi connectivity index (χ1) is 12.2. The highest BCUT2D eigenvalue weighted by atomic mass is 16.5. The summed E-state index contributed by atoms with van der Waals surface area (Å²) >= 11 is 0. The van der Waals surface area contributed by atoms with E-state index in [1.54, 1.807) is 7.11 Å². The minimum atomic E-state index is 0.0486. The molecule has 1 fully saturated rings. The van der Waals surface area contributed by atoms with Crippen molar-refractivity contribution in [2.24, 2.45) is 0 Å². The van der Waals surface area contributed by atoms with Gasteiger partial charge in [0.25, 0.3) is 0 Å². The van der Waals surface area contributed by atoms with Crippen LogP contribution in [0.4, 0.5) is 5.69 Å². The van der Waals surface area contributed by atoms with Gasteiger partial charge in [-0.3, -0.25) is 14.6 Å². The normalized spacial score (nSPS) is 15.7. The van der Waals surface area contributed by atoms with Gasteiger partial charge in [0.2, 0.25) is 5.91 Å². The van der Waals surface area contributed by atoms with Crippen molar-refractivity contribution in [3.8, 4) is 5.75 Å². The van der Waals surface area contributed by atoms with E-state index in [1.807, 2.05) is 42.5 Å². The largest absolute Gasteiger partial charge is 0.497 e. The van der Waals surface area contributed by atoms with Crippen LogP contribution < -0.4 is 10.1 Å². The zero-order valence-corrected chi connectivity index (χ0v) is 14.6. The van der Waals surface area contributed by atoms with Crippen LogP contribution in [-0.4, -0.2) is 55.5 Å². The summed E-state index contributed by atoms with van der Waals surface area (Å²) in [6.07, 6.45) is 0. The lowest BCUT2D eigenvalue weighted by Crippen LogP contribution is -2.48. The molecule has 0 radical (unpaired) electrons. The number of nitrogens with one attached hydrogen (secondary N) is 1. The topological polar surface area (TPSA) is 44.8 Å². The monoisotopic (exact) mass is 339 g/mol. The Balaban J connectivity index is 1.43. The van der Waals surface area contributed by atoms with Crippen LogP contribution in [0.1, 0.15) is 5.56 Å². The predicted octanol–water partition coefficient (Wildman–Crippen LogP) is 2.45. The molecule has 1 heterocycles. The van der Waals surface area contributed by atoms with E-state index in [0.29, 0.717) is 6.54 Å². The molecule has 0 aromatic heterocycles. The predicted molar refractivity (Wildman–Crippen MR) is 99.8 cm³/mol. The molecule has 0 unspecified atom stereocenters. The summed E-state index contributed by atoms with van der Waals surface area (Å²) in [5.74, 6) is 0.946. The fourth-order valence-corrected chi connectivity index (χ4v) is 3.06. The van der Waals surface area contributed by atoms with E-state index >= 15 is 0 Å². The van der Waals surface area contributed by atoms with Crippen LogP contribution >= 0.6 is 0 Å². The molecule has 2 aromatic carbocycles. The minimum Gasteiger partial charge on any atom is -0.497 e. The quantitative estimate of drug-likeness (QED) is 0.878. The number of nitrogens with zero attached hydrogens (tertiary/aromatic N) is 2. The van der Waals surface area contributed by atoms with Crippen molar-refractivity contribution in [1.82, 2.24) is 9.80 Å². The number of amides is 1. The zero-order valence-electron chi connectivity index (χ0n) is 14.6. The van der Waals surface area contributed by atoms with Gasteiger partial charge in [0.1, 0.15) is 5.75 Å². The summed E-state index contributed by atoms with van der Waals surface area (Å²) in [7, 11) is 1.69. The highest BCUT2D eigenvalue weighted by Crippen LogP contribution is 2.15. The van der Waals surface area contributed by atoms with Gasteiger partial charge in [-0.05, 0) is 29.8 Å². The fraction of sp³-hybridized carbons (Fsp3) is 0.350. The molecule has 1 aliphatic rings. The van der Waals surface area contributed by atoms with Crippen molar-refractivity contribution in [3.05, 3.63) is 60.2 Å². The van der Waals surface area contributed by atoms with Gasteiger partial charge < -0.3 is 10.1 Å². The van der Waals surface area contributed by atoms with Crippen LogP contribution in [0, 0.1) is 0 Å². The lowest BCUT2D eigenvalue weighted by atomic mass is 10.2. The number of anilines is 1. The molecule has 0 saturated carbocycles. The second kappa shape index (κ2) is 8.65. The lowest BCUT2D eigenvalue weighted by Gasteiger charge is -2.34. The van der Waals surface area contributed by atoms with E-state index in [9.17, 15) is 4.79 Å². The Morgan fingerprint density at radius 1 is 1.00 bits per heavy atom. The molecule has 0 spiro atoms. The van der Waals surface area contributed by atoms with E-state index in [4.69, 9.17) is 4.74 Å². The van der Waals surface area contributed by atoms with E-state index in [1.165, 1.54) is 5.56 Å². The van der Waals surface area contributed by atoms with Crippen LogP contribution in [0.25, 0.3) is 0 Å². The number of benzene rings is 2. The first-order valence-corrected chi connectivity index (χ1v) is 8.65.